The number of carbonyl (C=O) groups is 1. The lowest BCUT2D eigenvalue weighted by molar-refractivity contribution is 0.177. The Balaban J connectivity index is 0.000000290. The molecule has 0 unspecified atom stereocenters. The predicted octanol–water partition coefficient (Wildman–Crippen LogP) is 3.35. The summed E-state index contributed by atoms with van der Waals surface area (Å²) >= 11 is 0. The highest BCUT2D eigenvalue weighted by Gasteiger charge is 2.23. The molecule has 1 aliphatic rings. The molecule has 1 atom stereocenters. The van der Waals surface area contributed by atoms with Crippen LogP contribution in [0, 0.1) is 29.0 Å². The molecule has 0 saturated carbocycles. The Morgan fingerprint density at radius 1 is 1.00 bits per heavy atom. The van der Waals surface area contributed by atoms with Crippen molar-refractivity contribution in [2.24, 2.45) is 0 Å². The van der Waals surface area contributed by atoms with Crippen LogP contribution in [0.3, 0.4) is 0 Å². The maximum atomic E-state index is 11.9. The molecule has 4 rings (SSSR count). The Kier molecular flexibility index (Phi) is 6.49. The number of hydrogen-bond donors (Lipinski definition) is 1. The first-order valence-corrected chi connectivity index (χ1v) is 8.60. The number of benzene rings is 1. The van der Waals surface area contributed by atoms with Crippen LogP contribution in [0.2, 0.25) is 0 Å². The van der Waals surface area contributed by atoms with Gasteiger partial charge >= 0.3 is 6.09 Å². The molecule has 0 bridgehead atoms. The Bertz CT molecular complexity index is 1100. The van der Waals surface area contributed by atoms with Crippen LogP contribution < -0.4 is 5.32 Å². The summed E-state index contributed by atoms with van der Waals surface area (Å²) in [5.41, 5.74) is 2.66. The number of cyclic esters (lactones) is 1. The van der Waals surface area contributed by atoms with Gasteiger partial charge in [0.05, 0.1) is 11.6 Å². The normalized spacial score (nSPS) is 14.2. The average molecular weight is 386 g/mol. The number of carbonyl (C=O) groups excluding carboxylic acids is 1. The zero-order valence-corrected chi connectivity index (χ0v) is 15.2. The van der Waals surface area contributed by atoms with Gasteiger partial charge in [-0.15, -0.1) is 0 Å². The van der Waals surface area contributed by atoms with Crippen molar-refractivity contribution in [2.45, 2.75) is 6.04 Å². The lowest BCUT2D eigenvalue weighted by Crippen LogP contribution is -2.18. The van der Waals surface area contributed by atoms with Crippen LogP contribution in [0.15, 0.2) is 67.3 Å². The molecule has 3 heterocycles. The van der Waals surface area contributed by atoms with Gasteiger partial charge in [0.15, 0.2) is 0 Å². The highest BCUT2D eigenvalue weighted by molar-refractivity contribution is 5.70. The smallest absolute Gasteiger partial charge is 0.407 e. The van der Waals surface area contributed by atoms with E-state index in [1.165, 1.54) is 18.3 Å². The molecule has 3 aromatic rings. The Hall–Kier alpha value is -4.23. The third-order valence-corrected chi connectivity index (χ3v) is 3.79. The van der Waals surface area contributed by atoms with Gasteiger partial charge in [-0.3, -0.25) is 9.97 Å². The van der Waals surface area contributed by atoms with E-state index in [0.29, 0.717) is 16.7 Å². The van der Waals surface area contributed by atoms with Crippen LogP contribution in [0.5, 0.6) is 0 Å². The number of ether oxygens (including phenoxy) is 1. The van der Waals surface area contributed by atoms with Crippen LogP contribution in [-0.2, 0) is 4.74 Å². The number of nitriles is 1. The zero-order chi connectivity index (χ0) is 20.5. The van der Waals surface area contributed by atoms with Crippen molar-refractivity contribution >= 4 is 6.09 Å². The minimum absolute atomic E-state index is 0.178. The minimum atomic E-state index is -0.430. The molecule has 1 N–H and O–H groups in total. The van der Waals surface area contributed by atoms with E-state index in [9.17, 15) is 9.18 Å². The summed E-state index contributed by atoms with van der Waals surface area (Å²) in [6, 6.07) is 13.3. The second-order valence-corrected chi connectivity index (χ2v) is 5.92. The van der Waals surface area contributed by atoms with Crippen molar-refractivity contribution in [3.63, 3.8) is 0 Å². The van der Waals surface area contributed by atoms with E-state index in [0.717, 1.165) is 5.56 Å². The molecule has 1 aromatic carbocycles. The number of amides is 1. The molecule has 0 aliphatic carbocycles. The SMILES string of the molecule is Fc1ccccc1.N#Cc1cncc(C#Cc2cncc([C@@H]3COC(=O)N3)c2)c1. The Morgan fingerprint density at radius 2 is 1.66 bits per heavy atom. The Morgan fingerprint density at radius 3 is 2.24 bits per heavy atom. The van der Waals surface area contributed by atoms with E-state index < -0.39 is 6.09 Å². The first kappa shape index (κ1) is 19.5. The maximum Gasteiger partial charge on any atom is 0.407 e. The molecular weight excluding hydrogens is 371 g/mol. The lowest BCUT2D eigenvalue weighted by atomic mass is 10.1. The summed E-state index contributed by atoms with van der Waals surface area (Å²) < 4.78 is 16.8. The number of halogens is 1. The first-order valence-electron chi connectivity index (χ1n) is 8.60. The fourth-order valence-electron chi connectivity index (χ4n) is 2.41. The van der Waals surface area contributed by atoms with Gasteiger partial charge in [-0.1, -0.05) is 30.0 Å². The molecule has 142 valence electrons. The topological polar surface area (TPSA) is 87.9 Å². The molecule has 1 fully saturated rings. The largest absolute Gasteiger partial charge is 0.447 e. The second-order valence-electron chi connectivity index (χ2n) is 5.92. The van der Waals surface area contributed by atoms with Crippen molar-refractivity contribution in [1.29, 1.82) is 5.26 Å². The first-order chi connectivity index (χ1) is 14.1. The van der Waals surface area contributed by atoms with E-state index in [4.69, 9.17) is 10.00 Å². The molecule has 1 aliphatic heterocycles. The predicted molar refractivity (Wildman–Crippen MR) is 103 cm³/mol. The van der Waals surface area contributed by atoms with Gasteiger partial charge in [0, 0.05) is 35.9 Å². The van der Waals surface area contributed by atoms with Gasteiger partial charge in [-0.25, -0.2) is 9.18 Å². The van der Waals surface area contributed by atoms with Gasteiger partial charge in [-0.2, -0.15) is 5.26 Å². The number of rotatable bonds is 1. The third-order valence-electron chi connectivity index (χ3n) is 3.79. The van der Waals surface area contributed by atoms with Gasteiger partial charge in [0.1, 0.15) is 18.5 Å². The van der Waals surface area contributed by atoms with Gasteiger partial charge in [-0.05, 0) is 29.8 Å². The van der Waals surface area contributed by atoms with Gasteiger partial charge < -0.3 is 10.1 Å². The molecule has 1 amide bonds. The fraction of sp³-hybridized carbons (Fsp3) is 0.0909. The summed E-state index contributed by atoms with van der Waals surface area (Å²) in [6.07, 6.45) is 5.95. The van der Waals surface area contributed by atoms with Gasteiger partial charge in [0.2, 0.25) is 0 Å². The standard InChI is InChI=1S/C16H10N4O2.C6H5F/c17-5-13-3-11(6-18-8-13)1-2-12-4-14(9-19-7-12)15-10-22-16(21)20-15;7-6-4-2-1-3-5-6/h3-4,6-9,15H,10H2,(H,20,21);1-5H/t15-;/m0./s1. The molecule has 6 nitrogen and oxygen atoms in total. The van der Waals surface area contributed by atoms with E-state index in [-0.39, 0.29) is 18.5 Å². The zero-order valence-electron chi connectivity index (χ0n) is 15.2. The molecule has 0 radical (unpaired) electrons. The summed E-state index contributed by atoms with van der Waals surface area (Å²) in [7, 11) is 0. The van der Waals surface area contributed by atoms with E-state index in [1.54, 1.807) is 42.9 Å². The molecule has 29 heavy (non-hydrogen) atoms. The fourth-order valence-corrected chi connectivity index (χ4v) is 2.41. The van der Waals surface area contributed by atoms with Crippen molar-refractivity contribution in [1.82, 2.24) is 15.3 Å². The van der Waals surface area contributed by atoms with Gasteiger partial charge in [0.25, 0.3) is 0 Å². The number of alkyl carbamates (subject to hydrolysis) is 1. The highest BCUT2D eigenvalue weighted by atomic mass is 19.1. The van der Waals surface area contributed by atoms with Crippen LogP contribution in [-0.4, -0.2) is 22.7 Å². The quantitative estimate of drug-likeness (QED) is 0.648. The van der Waals surface area contributed by atoms with Crippen molar-refractivity contribution in [3.05, 3.63) is 95.3 Å². The van der Waals surface area contributed by atoms with Crippen molar-refractivity contribution in [2.75, 3.05) is 6.61 Å². The lowest BCUT2D eigenvalue weighted by Gasteiger charge is -2.06. The average Bonchev–Trinajstić information content (AvgIpc) is 3.20. The summed E-state index contributed by atoms with van der Waals surface area (Å²) in [6.45, 7) is 0.283. The summed E-state index contributed by atoms with van der Waals surface area (Å²) in [4.78, 5) is 19.1. The monoisotopic (exact) mass is 386 g/mol. The highest BCUT2D eigenvalue weighted by Crippen LogP contribution is 2.17. The number of hydrogen-bond acceptors (Lipinski definition) is 5. The van der Waals surface area contributed by atoms with E-state index in [2.05, 4.69) is 27.1 Å². The van der Waals surface area contributed by atoms with E-state index in [1.807, 2.05) is 12.1 Å². The van der Waals surface area contributed by atoms with Crippen LogP contribution in [0.1, 0.15) is 28.3 Å². The van der Waals surface area contributed by atoms with Crippen LogP contribution >= 0.6 is 0 Å². The van der Waals surface area contributed by atoms with Crippen molar-refractivity contribution < 1.29 is 13.9 Å². The Labute approximate surface area is 167 Å². The number of nitrogens with one attached hydrogen (secondary N) is 1. The minimum Gasteiger partial charge on any atom is -0.447 e. The number of pyridine rings is 2. The van der Waals surface area contributed by atoms with Crippen LogP contribution in [0.4, 0.5) is 9.18 Å². The molecule has 7 heteroatoms. The van der Waals surface area contributed by atoms with E-state index >= 15 is 0 Å². The van der Waals surface area contributed by atoms with Crippen molar-refractivity contribution in [3.8, 4) is 17.9 Å². The maximum absolute atomic E-state index is 11.9. The molecule has 0 spiro atoms. The molecule has 1 saturated heterocycles. The molecular formula is C22H15FN4O2. The van der Waals surface area contributed by atoms with Crippen LogP contribution in [0.25, 0.3) is 0 Å². The molecule has 2 aromatic heterocycles. The number of nitrogens with zero attached hydrogens (tertiary/aromatic N) is 3. The summed E-state index contributed by atoms with van der Waals surface area (Å²) in [5.74, 6) is 5.73. The summed E-state index contributed by atoms with van der Waals surface area (Å²) in [5, 5.41) is 11.5. The number of aromatic nitrogens is 2. The second kappa shape index (κ2) is 9.63. The third kappa shape index (κ3) is 5.88.